The summed E-state index contributed by atoms with van der Waals surface area (Å²) in [5.74, 6) is 0.641. The third-order valence-corrected chi connectivity index (χ3v) is 4.41. The normalized spacial score (nSPS) is 10.7. The van der Waals surface area contributed by atoms with Gasteiger partial charge in [0.15, 0.2) is 5.65 Å². The topological polar surface area (TPSA) is 71.3 Å². The van der Waals surface area contributed by atoms with Gasteiger partial charge in [0, 0.05) is 41.3 Å². The highest BCUT2D eigenvalue weighted by atomic mass is 35.5. The zero-order valence-corrected chi connectivity index (χ0v) is 15.2. The summed E-state index contributed by atoms with van der Waals surface area (Å²) in [5.41, 5.74) is 3.77. The molecule has 0 spiro atoms. The van der Waals surface area contributed by atoms with Gasteiger partial charge in [0.05, 0.1) is 6.20 Å². The number of fused-ring (bicyclic) bond motifs is 1. The van der Waals surface area contributed by atoms with Gasteiger partial charge in [-0.2, -0.15) is 0 Å². The fraction of sp³-hybridized carbons (Fsp3) is 0.0500. The maximum Gasteiger partial charge on any atom is 0.251 e. The molecule has 27 heavy (non-hydrogen) atoms. The van der Waals surface area contributed by atoms with Crippen molar-refractivity contribution in [3.63, 3.8) is 0 Å². The van der Waals surface area contributed by atoms with Gasteiger partial charge in [0.2, 0.25) is 0 Å². The Balaban J connectivity index is 1.82. The lowest BCUT2D eigenvalue weighted by molar-refractivity contribution is 0.0963. The van der Waals surface area contributed by atoms with Gasteiger partial charge in [-0.1, -0.05) is 29.8 Å². The third-order valence-electron chi connectivity index (χ3n) is 4.16. The van der Waals surface area contributed by atoms with Gasteiger partial charge in [-0.05, 0) is 30.3 Å². The SMILES string of the molecule is CNC(=O)c1cccc(Nc2c(-c3ccc(Cl)cc3)nc3cnccn23)c1. The lowest BCUT2D eigenvalue weighted by Crippen LogP contribution is -2.17. The number of hydrogen-bond acceptors (Lipinski definition) is 4. The predicted octanol–water partition coefficient (Wildman–Crippen LogP) is 4.15. The lowest BCUT2D eigenvalue weighted by atomic mass is 10.1. The monoisotopic (exact) mass is 377 g/mol. The Bertz CT molecular complexity index is 1120. The summed E-state index contributed by atoms with van der Waals surface area (Å²) in [4.78, 5) is 20.8. The Labute approximate surface area is 160 Å². The number of carbonyl (C=O) groups is 1. The van der Waals surface area contributed by atoms with Crippen LogP contribution in [0.15, 0.2) is 67.1 Å². The highest BCUT2D eigenvalue weighted by Crippen LogP contribution is 2.31. The Kier molecular flexibility index (Phi) is 4.48. The first-order valence-electron chi connectivity index (χ1n) is 8.33. The van der Waals surface area contributed by atoms with Gasteiger partial charge in [0.25, 0.3) is 5.91 Å². The lowest BCUT2D eigenvalue weighted by Gasteiger charge is -2.10. The van der Waals surface area contributed by atoms with Crippen LogP contribution in [0.4, 0.5) is 11.5 Å². The summed E-state index contributed by atoms with van der Waals surface area (Å²) in [6.45, 7) is 0. The molecule has 4 aromatic rings. The van der Waals surface area contributed by atoms with Gasteiger partial charge < -0.3 is 10.6 Å². The molecule has 0 fully saturated rings. The fourth-order valence-electron chi connectivity index (χ4n) is 2.85. The zero-order valence-electron chi connectivity index (χ0n) is 14.5. The predicted molar refractivity (Wildman–Crippen MR) is 107 cm³/mol. The molecule has 134 valence electrons. The molecule has 2 aromatic carbocycles. The van der Waals surface area contributed by atoms with Crippen molar-refractivity contribution >= 4 is 34.7 Å². The van der Waals surface area contributed by atoms with Crippen molar-refractivity contribution in [2.45, 2.75) is 0 Å². The summed E-state index contributed by atoms with van der Waals surface area (Å²) in [5, 5.41) is 6.69. The van der Waals surface area contributed by atoms with Crippen molar-refractivity contribution in [3.8, 4) is 11.3 Å². The minimum absolute atomic E-state index is 0.140. The van der Waals surface area contributed by atoms with Gasteiger partial charge >= 0.3 is 0 Å². The summed E-state index contributed by atoms with van der Waals surface area (Å²) >= 11 is 6.02. The number of amides is 1. The summed E-state index contributed by atoms with van der Waals surface area (Å²) < 4.78 is 1.92. The van der Waals surface area contributed by atoms with E-state index in [2.05, 4.69) is 15.6 Å². The molecule has 4 rings (SSSR count). The van der Waals surface area contributed by atoms with E-state index in [1.165, 1.54) is 0 Å². The first kappa shape index (κ1) is 17.1. The number of anilines is 2. The van der Waals surface area contributed by atoms with Gasteiger partial charge in [-0.15, -0.1) is 0 Å². The number of nitrogens with zero attached hydrogens (tertiary/aromatic N) is 3. The quantitative estimate of drug-likeness (QED) is 0.560. The van der Waals surface area contributed by atoms with E-state index >= 15 is 0 Å². The van der Waals surface area contributed by atoms with Crippen molar-refractivity contribution in [2.75, 3.05) is 12.4 Å². The first-order valence-corrected chi connectivity index (χ1v) is 8.70. The second kappa shape index (κ2) is 7.09. The molecule has 6 nitrogen and oxygen atoms in total. The van der Waals surface area contributed by atoms with Crippen LogP contribution in [-0.4, -0.2) is 27.3 Å². The molecule has 2 heterocycles. The highest BCUT2D eigenvalue weighted by Gasteiger charge is 2.15. The number of benzene rings is 2. The number of hydrogen-bond donors (Lipinski definition) is 2. The van der Waals surface area contributed by atoms with Crippen molar-refractivity contribution in [2.24, 2.45) is 0 Å². The Hall–Kier alpha value is -3.38. The number of nitrogens with one attached hydrogen (secondary N) is 2. The average molecular weight is 378 g/mol. The number of imidazole rings is 1. The number of carbonyl (C=O) groups excluding carboxylic acids is 1. The molecule has 0 saturated carbocycles. The van der Waals surface area contributed by atoms with E-state index in [4.69, 9.17) is 16.6 Å². The summed E-state index contributed by atoms with van der Waals surface area (Å²) in [6.07, 6.45) is 5.24. The molecular formula is C20H16ClN5O. The fourth-order valence-corrected chi connectivity index (χ4v) is 2.98. The Morgan fingerprint density at radius 2 is 1.96 bits per heavy atom. The number of aromatic nitrogens is 3. The van der Waals surface area contributed by atoms with E-state index in [-0.39, 0.29) is 5.91 Å². The summed E-state index contributed by atoms with van der Waals surface area (Å²) in [7, 11) is 1.61. The smallest absolute Gasteiger partial charge is 0.251 e. The zero-order chi connectivity index (χ0) is 18.8. The minimum atomic E-state index is -0.140. The molecule has 0 bridgehead atoms. The molecule has 0 saturated heterocycles. The number of rotatable bonds is 4. The largest absolute Gasteiger partial charge is 0.355 e. The van der Waals surface area contributed by atoms with Crippen LogP contribution in [0.5, 0.6) is 0 Å². The van der Waals surface area contributed by atoms with Crippen molar-refractivity contribution in [1.29, 1.82) is 0 Å². The second-order valence-corrected chi connectivity index (χ2v) is 6.34. The third kappa shape index (κ3) is 3.35. The van der Waals surface area contributed by atoms with Crippen LogP contribution >= 0.6 is 11.6 Å². The van der Waals surface area contributed by atoms with Gasteiger partial charge in [-0.25, -0.2) is 4.98 Å². The Morgan fingerprint density at radius 1 is 1.15 bits per heavy atom. The first-order chi connectivity index (χ1) is 13.2. The van der Waals surface area contributed by atoms with E-state index in [0.29, 0.717) is 16.2 Å². The molecule has 0 radical (unpaired) electrons. The maximum absolute atomic E-state index is 11.9. The average Bonchev–Trinajstić information content (AvgIpc) is 3.06. The van der Waals surface area contributed by atoms with Gasteiger partial charge in [0.1, 0.15) is 11.5 Å². The molecule has 0 aliphatic rings. The molecule has 0 aliphatic carbocycles. The minimum Gasteiger partial charge on any atom is -0.355 e. The van der Waals surface area contributed by atoms with Crippen LogP contribution in [-0.2, 0) is 0 Å². The molecular weight excluding hydrogens is 362 g/mol. The van der Waals surface area contributed by atoms with Crippen LogP contribution in [0, 0.1) is 0 Å². The van der Waals surface area contributed by atoms with Gasteiger partial charge in [-0.3, -0.25) is 14.2 Å². The van der Waals surface area contributed by atoms with Crippen molar-refractivity contribution < 1.29 is 4.79 Å². The molecule has 1 amide bonds. The van der Waals surface area contributed by atoms with Crippen LogP contribution in [0.3, 0.4) is 0 Å². The standard InChI is InChI=1S/C20H16ClN5O/c1-22-20(27)14-3-2-4-16(11-14)24-19-18(13-5-7-15(21)8-6-13)25-17-12-23-9-10-26(17)19/h2-12,24H,1H3,(H,22,27). The highest BCUT2D eigenvalue weighted by molar-refractivity contribution is 6.30. The molecule has 2 aromatic heterocycles. The van der Waals surface area contributed by atoms with E-state index in [0.717, 1.165) is 22.8 Å². The molecule has 2 N–H and O–H groups in total. The van der Waals surface area contributed by atoms with Crippen LogP contribution in [0.1, 0.15) is 10.4 Å². The molecule has 0 aliphatic heterocycles. The maximum atomic E-state index is 11.9. The van der Waals surface area contributed by atoms with Crippen LogP contribution in [0.25, 0.3) is 16.9 Å². The van der Waals surface area contributed by atoms with E-state index < -0.39 is 0 Å². The van der Waals surface area contributed by atoms with E-state index in [1.807, 2.05) is 47.0 Å². The van der Waals surface area contributed by atoms with Crippen LogP contribution < -0.4 is 10.6 Å². The second-order valence-electron chi connectivity index (χ2n) is 5.91. The van der Waals surface area contributed by atoms with Crippen molar-refractivity contribution in [1.82, 2.24) is 19.7 Å². The molecule has 7 heteroatoms. The van der Waals surface area contributed by atoms with Crippen molar-refractivity contribution in [3.05, 3.63) is 77.7 Å². The van der Waals surface area contributed by atoms with E-state index in [9.17, 15) is 4.79 Å². The molecule has 0 atom stereocenters. The number of halogens is 1. The molecule has 0 unspecified atom stereocenters. The Morgan fingerprint density at radius 3 is 2.74 bits per heavy atom. The van der Waals surface area contributed by atoms with Crippen LogP contribution in [0.2, 0.25) is 5.02 Å². The van der Waals surface area contributed by atoms with E-state index in [1.54, 1.807) is 31.6 Å². The summed E-state index contributed by atoms with van der Waals surface area (Å²) in [6, 6.07) is 14.8.